The fourth-order valence-electron chi connectivity index (χ4n) is 3.08. The van der Waals surface area contributed by atoms with Crippen molar-refractivity contribution >= 4 is 21.6 Å². The molecule has 0 saturated heterocycles. The minimum atomic E-state index is -1.15. The van der Waals surface area contributed by atoms with Crippen LogP contribution in [-0.2, 0) is 21.6 Å². The molecule has 2 unspecified atom stereocenters. The normalized spacial score (nSPS) is 16.0. The number of unbranched alkanes of at least 4 members (excludes halogenated alkanes) is 1. The van der Waals surface area contributed by atoms with E-state index in [4.69, 9.17) is 0 Å². The highest BCUT2D eigenvalue weighted by molar-refractivity contribution is 7.89. The molecular formula is C22H30O2S2. The third-order valence-corrected chi connectivity index (χ3v) is 8.69. The van der Waals surface area contributed by atoms with E-state index in [1.165, 1.54) is 0 Å². The Kier molecular flexibility index (Phi) is 8.23. The van der Waals surface area contributed by atoms with Gasteiger partial charge in [0.25, 0.3) is 0 Å². The molecule has 26 heavy (non-hydrogen) atoms. The maximum Gasteiger partial charge on any atom is 0.0573 e. The molecule has 2 nitrogen and oxygen atoms in total. The van der Waals surface area contributed by atoms with E-state index in [-0.39, 0.29) is 10.5 Å². The first-order valence-electron chi connectivity index (χ1n) is 9.42. The lowest BCUT2D eigenvalue weighted by molar-refractivity contribution is 0.596. The van der Waals surface area contributed by atoms with Crippen LogP contribution in [-0.4, -0.2) is 18.9 Å². The summed E-state index contributed by atoms with van der Waals surface area (Å²) < 4.78 is 26.6. The molecule has 0 aliphatic carbocycles. The lowest BCUT2D eigenvalue weighted by Crippen LogP contribution is -2.34. The average Bonchev–Trinajstić information content (AvgIpc) is 2.65. The summed E-state index contributed by atoms with van der Waals surface area (Å²) in [5.41, 5.74) is 2.32. The third kappa shape index (κ3) is 5.37. The first-order valence-corrected chi connectivity index (χ1v) is 11.8. The van der Waals surface area contributed by atoms with Crippen molar-refractivity contribution in [1.29, 1.82) is 0 Å². The fraction of sp³-hybridized carbons (Fsp3) is 0.455. The molecule has 0 fully saturated rings. The van der Waals surface area contributed by atoms with Gasteiger partial charge in [-0.15, -0.1) is 0 Å². The van der Waals surface area contributed by atoms with Gasteiger partial charge in [-0.25, -0.2) is 0 Å². The molecule has 0 heterocycles. The first kappa shape index (κ1) is 21.0. The molecule has 0 spiro atoms. The molecule has 2 rings (SSSR count). The Labute approximate surface area is 163 Å². The van der Waals surface area contributed by atoms with Crippen LogP contribution in [0.5, 0.6) is 0 Å². The predicted octanol–water partition coefficient (Wildman–Crippen LogP) is 5.56. The van der Waals surface area contributed by atoms with Crippen LogP contribution in [0.4, 0.5) is 0 Å². The Morgan fingerprint density at radius 1 is 0.731 bits per heavy atom. The second kappa shape index (κ2) is 10.2. The highest BCUT2D eigenvalue weighted by atomic mass is 32.2. The lowest BCUT2D eigenvalue weighted by Gasteiger charge is -2.25. The van der Waals surface area contributed by atoms with Gasteiger partial charge in [-0.3, -0.25) is 8.42 Å². The van der Waals surface area contributed by atoms with Gasteiger partial charge in [-0.1, -0.05) is 62.1 Å². The zero-order valence-electron chi connectivity index (χ0n) is 16.2. The highest BCUT2D eigenvalue weighted by Gasteiger charge is 2.31. The van der Waals surface area contributed by atoms with Gasteiger partial charge >= 0.3 is 0 Å². The highest BCUT2D eigenvalue weighted by Crippen LogP contribution is 2.27. The van der Waals surface area contributed by atoms with Crippen molar-refractivity contribution in [3.05, 3.63) is 59.7 Å². The van der Waals surface area contributed by atoms with Crippen LogP contribution in [0, 0.1) is 13.8 Å². The molecule has 4 atom stereocenters. The molecule has 0 radical (unpaired) electrons. The molecule has 0 aliphatic rings. The number of rotatable bonds is 9. The Bertz CT molecular complexity index is 736. The zero-order valence-corrected chi connectivity index (χ0v) is 17.9. The molecule has 142 valence electrons. The van der Waals surface area contributed by atoms with Gasteiger partial charge in [0.15, 0.2) is 0 Å². The van der Waals surface area contributed by atoms with Gasteiger partial charge in [-0.2, -0.15) is 0 Å². The standard InChI is InChI=1S/C22H30O2S2/c1-5-7-8-22(26(24)20-15-11-18(4)12-16-20)21(6-2)25(23)19-13-9-17(3)10-14-19/h9-16,21-22H,5-8H2,1-4H3/t21-,22-,25?,26?/m1/s1. The van der Waals surface area contributed by atoms with Crippen LogP contribution in [0.25, 0.3) is 0 Å². The van der Waals surface area contributed by atoms with E-state index >= 15 is 0 Å². The summed E-state index contributed by atoms with van der Waals surface area (Å²) >= 11 is 0. The van der Waals surface area contributed by atoms with Crippen molar-refractivity contribution in [2.45, 2.75) is 73.7 Å². The van der Waals surface area contributed by atoms with Crippen molar-refractivity contribution in [2.75, 3.05) is 0 Å². The zero-order chi connectivity index (χ0) is 19.1. The molecule has 0 aromatic heterocycles. The number of hydrogen-bond acceptors (Lipinski definition) is 2. The molecule has 0 amide bonds. The average molecular weight is 391 g/mol. The third-order valence-electron chi connectivity index (χ3n) is 4.72. The van der Waals surface area contributed by atoms with Crippen LogP contribution in [0.3, 0.4) is 0 Å². The Hall–Kier alpha value is -1.26. The van der Waals surface area contributed by atoms with Crippen LogP contribution in [0.15, 0.2) is 58.3 Å². The second-order valence-corrected chi connectivity index (χ2v) is 10.2. The van der Waals surface area contributed by atoms with Gasteiger partial charge in [-0.05, 0) is 51.0 Å². The van der Waals surface area contributed by atoms with E-state index in [9.17, 15) is 8.42 Å². The number of benzene rings is 2. The van der Waals surface area contributed by atoms with Crippen molar-refractivity contribution in [1.82, 2.24) is 0 Å². The molecular weight excluding hydrogens is 360 g/mol. The van der Waals surface area contributed by atoms with Crippen LogP contribution >= 0.6 is 0 Å². The minimum Gasteiger partial charge on any atom is -0.254 e. The van der Waals surface area contributed by atoms with E-state index in [0.717, 1.165) is 46.6 Å². The van der Waals surface area contributed by atoms with E-state index < -0.39 is 21.6 Å². The van der Waals surface area contributed by atoms with Gasteiger partial charge in [0, 0.05) is 9.79 Å². The summed E-state index contributed by atoms with van der Waals surface area (Å²) in [4.78, 5) is 1.68. The monoisotopic (exact) mass is 390 g/mol. The van der Waals surface area contributed by atoms with E-state index in [1.54, 1.807) is 0 Å². The fourth-order valence-corrected chi connectivity index (χ4v) is 6.76. The molecule has 0 saturated carbocycles. The van der Waals surface area contributed by atoms with Gasteiger partial charge in [0.05, 0.1) is 32.1 Å². The molecule has 4 heteroatoms. The van der Waals surface area contributed by atoms with Gasteiger partial charge in [0.1, 0.15) is 0 Å². The summed E-state index contributed by atoms with van der Waals surface area (Å²) in [6.07, 6.45) is 3.65. The van der Waals surface area contributed by atoms with Crippen molar-refractivity contribution < 1.29 is 8.42 Å². The number of hydrogen-bond donors (Lipinski definition) is 0. The summed E-state index contributed by atoms with van der Waals surface area (Å²) in [5.74, 6) is 0. The van der Waals surface area contributed by atoms with E-state index in [1.807, 2.05) is 62.4 Å². The van der Waals surface area contributed by atoms with E-state index in [0.29, 0.717) is 0 Å². The Morgan fingerprint density at radius 2 is 1.15 bits per heavy atom. The molecule has 2 aromatic carbocycles. The quantitative estimate of drug-likeness (QED) is 0.562. The van der Waals surface area contributed by atoms with Crippen molar-refractivity contribution in [3.8, 4) is 0 Å². The summed E-state index contributed by atoms with van der Waals surface area (Å²) in [6.45, 7) is 8.26. The smallest absolute Gasteiger partial charge is 0.0573 e. The van der Waals surface area contributed by atoms with Crippen LogP contribution in [0.1, 0.15) is 50.7 Å². The SMILES string of the molecule is CCCC[C@H]([C@@H](CC)S(=O)c1ccc(C)cc1)S(=O)c1ccc(C)cc1. The van der Waals surface area contributed by atoms with Crippen LogP contribution in [0.2, 0.25) is 0 Å². The van der Waals surface area contributed by atoms with Crippen molar-refractivity contribution in [2.24, 2.45) is 0 Å². The molecule has 0 aliphatic heterocycles. The summed E-state index contributed by atoms with van der Waals surface area (Å²) in [7, 11) is -2.31. The van der Waals surface area contributed by atoms with Gasteiger partial charge < -0.3 is 0 Å². The Balaban J connectivity index is 2.32. The molecule has 0 bridgehead atoms. The largest absolute Gasteiger partial charge is 0.254 e. The van der Waals surface area contributed by atoms with Gasteiger partial charge in [0.2, 0.25) is 0 Å². The summed E-state index contributed by atoms with van der Waals surface area (Å²) in [5, 5.41) is -0.198. The number of aryl methyl sites for hydroxylation is 2. The predicted molar refractivity (Wildman–Crippen MR) is 113 cm³/mol. The maximum absolute atomic E-state index is 13.3. The first-order chi connectivity index (χ1) is 12.5. The van der Waals surface area contributed by atoms with Crippen molar-refractivity contribution in [3.63, 3.8) is 0 Å². The molecule has 2 aromatic rings. The topological polar surface area (TPSA) is 34.1 Å². The Morgan fingerprint density at radius 3 is 1.54 bits per heavy atom. The maximum atomic E-state index is 13.3. The lowest BCUT2D eigenvalue weighted by atomic mass is 10.1. The van der Waals surface area contributed by atoms with Crippen LogP contribution < -0.4 is 0 Å². The second-order valence-electron chi connectivity index (χ2n) is 6.85. The summed E-state index contributed by atoms with van der Waals surface area (Å²) in [6, 6.07) is 15.8. The molecule has 0 N–H and O–H groups in total. The van der Waals surface area contributed by atoms with E-state index in [2.05, 4.69) is 13.8 Å². The minimum absolute atomic E-state index is 0.0928.